The van der Waals surface area contributed by atoms with Crippen LogP contribution in [0.5, 0.6) is 5.75 Å². The number of rotatable bonds is 7. The number of hydrogen-bond acceptors (Lipinski definition) is 4. The van der Waals surface area contributed by atoms with Crippen LogP contribution in [0.4, 0.5) is 13.2 Å². The lowest BCUT2D eigenvalue weighted by molar-refractivity contribution is -0.138. The fourth-order valence-electron chi connectivity index (χ4n) is 3.01. The van der Waals surface area contributed by atoms with Gasteiger partial charge in [0, 0.05) is 26.2 Å². The molecule has 0 aromatic heterocycles. The lowest BCUT2D eigenvalue weighted by Crippen LogP contribution is -2.50. The molecule has 0 aliphatic carbocycles. The Labute approximate surface area is 192 Å². The zero-order valence-corrected chi connectivity index (χ0v) is 20.1. The predicted octanol–water partition coefficient (Wildman–Crippen LogP) is 2.68. The van der Waals surface area contributed by atoms with Gasteiger partial charge in [0.1, 0.15) is 12.4 Å². The highest BCUT2D eigenvalue weighted by atomic mass is 127. The minimum Gasteiger partial charge on any atom is -0.491 e. The van der Waals surface area contributed by atoms with Crippen LogP contribution < -0.4 is 15.4 Å². The maximum atomic E-state index is 13.0. The predicted molar refractivity (Wildman–Crippen MR) is 121 cm³/mol. The highest BCUT2D eigenvalue weighted by Crippen LogP contribution is 2.35. The Bertz CT molecular complexity index is 798. The third kappa shape index (κ3) is 7.76. The second kappa shape index (κ2) is 11.9. The van der Waals surface area contributed by atoms with E-state index in [-0.39, 0.29) is 54.7 Å². The molecule has 2 N–H and O–H groups in total. The summed E-state index contributed by atoms with van der Waals surface area (Å²) in [6.07, 6.45) is -3.17. The van der Waals surface area contributed by atoms with Crippen LogP contribution in [0, 0.1) is 0 Å². The Hall–Kier alpha value is -1.28. The first kappa shape index (κ1) is 26.8. The van der Waals surface area contributed by atoms with Crippen molar-refractivity contribution in [2.45, 2.75) is 32.0 Å². The maximum absolute atomic E-state index is 13.0. The molecule has 7 nitrogen and oxygen atoms in total. The number of nitrogens with one attached hydrogen (secondary N) is 2. The largest absolute Gasteiger partial charge is 0.491 e. The molecule has 1 aromatic rings. The van der Waals surface area contributed by atoms with Gasteiger partial charge in [-0.1, -0.05) is 12.1 Å². The number of piperidine rings is 1. The van der Waals surface area contributed by atoms with Crippen LogP contribution in [0.25, 0.3) is 0 Å². The van der Waals surface area contributed by atoms with E-state index < -0.39 is 21.8 Å². The second-order valence-corrected chi connectivity index (χ2v) is 8.82. The van der Waals surface area contributed by atoms with Gasteiger partial charge in [-0.25, -0.2) is 12.7 Å². The van der Waals surface area contributed by atoms with Crippen molar-refractivity contribution < 1.29 is 26.3 Å². The number of alkyl halides is 3. The van der Waals surface area contributed by atoms with Crippen molar-refractivity contribution in [1.82, 2.24) is 14.9 Å². The quantitative estimate of drug-likeness (QED) is 0.231. The summed E-state index contributed by atoms with van der Waals surface area (Å²) in [5.41, 5.74) is -0.809. The van der Waals surface area contributed by atoms with Crippen LogP contribution in [0.3, 0.4) is 0 Å². The van der Waals surface area contributed by atoms with Gasteiger partial charge in [-0.15, -0.1) is 24.0 Å². The third-order valence-corrected chi connectivity index (χ3v) is 6.50. The summed E-state index contributed by atoms with van der Waals surface area (Å²) >= 11 is 0. The second-order valence-electron chi connectivity index (χ2n) is 6.56. The average Bonchev–Trinajstić information content (AvgIpc) is 2.70. The van der Waals surface area contributed by atoms with Crippen LogP contribution >= 0.6 is 24.0 Å². The van der Waals surface area contributed by atoms with Crippen molar-refractivity contribution >= 4 is 40.0 Å². The standard InChI is InChI=1S/C18H27F3N4O3S.HI/c1-3-29(26,27)25-11-8-14(9-12-25)24-17(22-2)23-10-13-28-16-7-5-4-6-15(16)18(19,20)21;/h4-7,14H,3,8-13H2,1-2H3,(H2,22,23,24);1H. The molecule has 1 aromatic carbocycles. The first-order valence-electron chi connectivity index (χ1n) is 9.41. The Balaban J connectivity index is 0.00000450. The molecule has 0 unspecified atom stereocenters. The lowest BCUT2D eigenvalue weighted by Gasteiger charge is -2.32. The fourth-order valence-corrected chi connectivity index (χ4v) is 4.14. The van der Waals surface area contributed by atoms with Crippen molar-refractivity contribution in [2.24, 2.45) is 4.99 Å². The Morgan fingerprint density at radius 1 is 1.27 bits per heavy atom. The smallest absolute Gasteiger partial charge is 0.419 e. The van der Waals surface area contributed by atoms with Crippen molar-refractivity contribution in [3.05, 3.63) is 29.8 Å². The summed E-state index contributed by atoms with van der Waals surface area (Å²) < 4.78 is 69.4. The first-order chi connectivity index (χ1) is 13.7. The monoisotopic (exact) mass is 564 g/mol. The highest BCUT2D eigenvalue weighted by molar-refractivity contribution is 14.0. The number of sulfonamides is 1. The van der Waals surface area contributed by atoms with E-state index in [4.69, 9.17) is 4.74 Å². The summed E-state index contributed by atoms with van der Waals surface area (Å²) in [6, 6.07) is 5.14. The molecule has 1 fully saturated rings. The number of nitrogens with zero attached hydrogens (tertiary/aromatic N) is 2. The van der Waals surface area contributed by atoms with Crippen LogP contribution in [-0.4, -0.2) is 63.8 Å². The molecule has 2 rings (SSSR count). The number of halogens is 4. The van der Waals surface area contributed by atoms with Crippen LogP contribution in [0.15, 0.2) is 29.3 Å². The van der Waals surface area contributed by atoms with Crippen molar-refractivity contribution in [3.8, 4) is 5.75 Å². The van der Waals surface area contributed by atoms with Gasteiger partial charge in [0.2, 0.25) is 10.0 Å². The van der Waals surface area contributed by atoms with Gasteiger partial charge in [-0.3, -0.25) is 4.99 Å². The van der Waals surface area contributed by atoms with Gasteiger partial charge >= 0.3 is 6.18 Å². The number of para-hydroxylation sites is 1. The topological polar surface area (TPSA) is 83.0 Å². The fraction of sp³-hybridized carbons (Fsp3) is 0.611. The molecule has 0 amide bonds. The molecular weight excluding hydrogens is 536 g/mol. The van der Waals surface area contributed by atoms with Crippen LogP contribution in [0.2, 0.25) is 0 Å². The molecule has 1 aliphatic rings. The molecule has 12 heteroatoms. The first-order valence-corrected chi connectivity index (χ1v) is 11.0. The van der Waals surface area contributed by atoms with E-state index in [2.05, 4.69) is 15.6 Å². The van der Waals surface area contributed by atoms with Gasteiger partial charge in [0.25, 0.3) is 0 Å². The van der Waals surface area contributed by atoms with E-state index in [1.54, 1.807) is 14.0 Å². The minimum absolute atomic E-state index is 0. The summed E-state index contributed by atoms with van der Waals surface area (Å²) in [5.74, 6) is 0.370. The summed E-state index contributed by atoms with van der Waals surface area (Å²) in [5, 5.41) is 6.21. The molecule has 0 spiro atoms. The molecule has 30 heavy (non-hydrogen) atoms. The summed E-state index contributed by atoms with van der Waals surface area (Å²) in [6.45, 7) is 2.81. The van der Waals surface area contributed by atoms with Gasteiger partial charge in [-0.2, -0.15) is 13.2 Å². The molecule has 172 valence electrons. The zero-order valence-electron chi connectivity index (χ0n) is 16.9. The molecule has 0 atom stereocenters. The number of ether oxygens (including phenoxy) is 1. The van der Waals surface area contributed by atoms with Gasteiger partial charge in [0.15, 0.2) is 5.96 Å². The van der Waals surface area contributed by atoms with E-state index >= 15 is 0 Å². The Morgan fingerprint density at radius 3 is 2.47 bits per heavy atom. The minimum atomic E-state index is -4.47. The lowest BCUT2D eigenvalue weighted by atomic mass is 10.1. The van der Waals surface area contributed by atoms with Crippen LogP contribution in [0.1, 0.15) is 25.3 Å². The maximum Gasteiger partial charge on any atom is 0.419 e. The van der Waals surface area contributed by atoms with Crippen molar-refractivity contribution in [2.75, 3.05) is 39.0 Å². The van der Waals surface area contributed by atoms with E-state index in [0.717, 1.165) is 6.07 Å². The zero-order chi connectivity index (χ0) is 21.5. The van der Waals surface area contributed by atoms with Gasteiger partial charge < -0.3 is 15.4 Å². The molecule has 0 radical (unpaired) electrons. The molecule has 0 bridgehead atoms. The Kier molecular flexibility index (Phi) is 10.6. The number of guanidine groups is 1. The normalized spacial score (nSPS) is 16.6. The number of hydrogen-bond donors (Lipinski definition) is 2. The third-order valence-electron chi connectivity index (χ3n) is 4.62. The molecule has 0 saturated carbocycles. The van der Waals surface area contributed by atoms with Crippen molar-refractivity contribution in [1.29, 1.82) is 0 Å². The van der Waals surface area contributed by atoms with E-state index in [1.807, 2.05) is 0 Å². The van der Waals surface area contributed by atoms with E-state index in [0.29, 0.717) is 31.9 Å². The summed E-state index contributed by atoms with van der Waals surface area (Å²) in [7, 11) is -1.58. The van der Waals surface area contributed by atoms with Crippen molar-refractivity contribution in [3.63, 3.8) is 0 Å². The Morgan fingerprint density at radius 2 is 1.90 bits per heavy atom. The van der Waals surface area contributed by atoms with Crippen LogP contribution in [-0.2, 0) is 16.2 Å². The molecule has 1 aliphatic heterocycles. The molecule has 1 saturated heterocycles. The number of aliphatic imine (C=N–C) groups is 1. The van der Waals surface area contributed by atoms with E-state index in [9.17, 15) is 21.6 Å². The van der Waals surface area contributed by atoms with Gasteiger partial charge in [0.05, 0.1) is 17.9 Å². The highest BCUT2D eigenvalue weighted by Gasteiger charge is 2.34. The molecule has 1 heterocycles. The van der Waals surface area contributed by atoms with Gasteiger partial charge in [-0.05, 0) is 31.9 Å². The van der Waals surface area contributed by atoms with E-state index in [1.165, 1.54) is 22.5 Å². The summed E-state index contributed by atoms with van der Waals surface area (Å²) in [4.78, 5) is 4.09. The number of benzene rings is 1. The molecular formula is C18H28F3IN4O3S. The average molecular weight is 564 g/mol. The SMILES string of the molecule is CCS(=O)(=O)N1CCC(NC(=NC)NCCOc2ccccc2C(F)(F)F)CC1.I.